The first-order valence-electron chi connectivity index (χ1n) is 6.90. The molecule has 0 radical (unpaired) electrons. The normalized spacial score (nSPS) is 16.3. The number of pyridine rings is 1. The minimum absolute atomic E-state index is 0.0521. The Bertz CT molecular complexity index is 429. The number of aliphatic hydroxyl groups excluding tert-OH is 1. The minimum Gasteiger partial charge on any atom is -0.395 e. The molecule has 0 saturated heterocycles. The van der Waals surface area contributed by atoms with Gasteiger partial charge in [-0.05, 0) is 25.0 Å². The average Bonchev–Trinajstić information content (AvgIpc) is 2.46. The molecule has 1 heterocycles. The molecule has 5 heteroatoms. The molecule has 1 fully saturated rings. The number of nitrogens with one attached hydrogen (secondary N) is 1. The fourth-order valence-electron chi connectivity index (χ4n) is 2.73. The summed E-state index contributed by atoms with van der Waals surface area (Å²) in [5.41, 5.74) is 6.21. The van der Waals surface area contributed by atoms with Gasteiger partial charge in [-0.2, -0.15) is 0 Å². The summed E-state index contributed by atoms with van der Waals surface area (Å²) >= 11 is 0. The number of hydrogen-bond donors (Lipinski definition) is 3. The molecule has 1 aromatic heterocycles. The lowest BCUT2D eigenvalue weighted by molar-refractivity contribution is 0.289. The average molecular weight is 262 g/mol. The molecule has 1 saturated carbocycles. The van der Waals surface area contributed by atoms with Crippen molar-refractivity contribution in [1.82, 2.24) is 4.98 Å². The van der Waals surface area contributed by atoms with Crippen LogP contribution in [0, 0.1) is 5.41 Å². The smallest absolute Gasteiger partial charge is 0.129 e. The number of aromatic nitrogens is 1. The van der Waals surface area contributed by atoms with Crippen molar-refractivity contribution in [2.75, 3.05) is 18.1 Å². The Morgan fingerprint density at radius 1 is 1.42 bits per heavy atom. The van der Waals surface area contributed by atoms with Crippen molar-refractivity contribution in [2.45, 2.75) is 38.1 Å². The molecule has 0 bridgehead atoms. The number of nitrogens with zero attached hydrogens (tertiary/aromatic N) is 2. The van der Waals surface area contributed by atoms with Crippen molar-refractivity contribution in [3.63, 3.8) is 0 Å². The number of rotatable bonds is 5. The first kappa shape index (κ1) is 13.8. The van der Waals surface area contributed by atoms with E-state index in [0.717, 1.165) is 18.7 Å². The van der Waals surface area contributed by atoms with Crippen LogP contribution in [0.15, 0.2) is 18.3 Å². The third kappa shape index (κ3) is 3.44. The summed E-state index contributed by atoms with van der Waals surface area (Å²) in [4.78, 5) is 6.54. The third-order valence-electron chi connectivity index (χ3n) is 3.71. The first-order valence-corrected chi connectivity index (χ1v) is 6.90. The largest absolute Gasteiger partial charge is 0.395 e. The highest BCUT2D eigenvalue weighted by atomic mass is 16.3. The SMILES string of the molecule is N=C(N)c1ccnc(N(CCO)C2CCCCC2)c1. The number of nitrogens with two attached hydrogens (primary N) is 1. The minimum atomic E-state index is 0.0521. The van der Waals surface area contributed by atoms with Gasteiger partial charge < -0.3 is 15.7 Å². The van der Waals surface area contributed by atoms with Gasteiger partial charge in [-0.3, -0.25) is 5.41 Å². The number of nitrogen functional groups attached to an aromatic ring is 1. The lowest BCUT2D eigenvalue weighted by Gasteiger charge is -2.35. The van der Waals surface area contributed by atoms with Gasteiger partial charge in [-0.1, -0.05) is 19.3 Å². The predicted molar refractivity (Wildman–Crippen MR) is 76.6 cm³/mol. The van der Waals surface area contributed by atoms with E-state index in [1.807, 2.05) is 6.07 Å². The highest BCUT2D eigenvalue weighted by Gasteiger charge is 2.22. The summed E-state index contributed by atoms with van der Waals surface area (Å²) in [7, 11) is 0. The number of aliphatic hydroxyl groups is 1. The monoisotopic (exact) mass is 262 g/mol. The van der Waals surface area contributed by atoms with Gasteiger partial charge in [0.25, 0.3) is 0 Å². The van der Waals surface area contributed by atoms with Crippen LogP contribution < -0.4 is 10.6 Å². The van der Waals surface area contributed by atoms with E-state index in [0.29, 0.717) is 18.2 Å². The van der Waals surface area contributed by atoms with Crippen LogP contribution in [0.25, 0.3) is 0 Å². The second-order valence-corrected chi connectivity index (χ2v) is 5.03. The van der Waals surface area contributed by atoms with Crippen LogP contribution in [0.3, 0.4) is 0 Å². The van der Waals surface area contributed by atoms with Gasteiger partial charge in [0.1, 0.15) is 11.7 Å². The van der Waals surface area contributed by atoms with Crippen LogP contribution >= 0.6 is 0 Å². The number of amidine groups is 1. The zero-order valence-electron chi connectivity index (χ0n) is 11.2. The second-order valence-electron chi connectivity index (χ2n) is 5.03. The number of anilines is 1. The quantitative estimate of drug-likeness (QED) is 0.554. The Kier molecular flexibility index (Phi) is 4.74. The maximum atomic E-state index is 9.27. The molecule has 1 aliphatic carbocycles. The van der Waals surface area contributed by atoms with E-state index < -0.39 is 0 Å². The van der Waals surface area contributed by atoms with E-state index in [4.69, 9.17) is 11.1 Å². The maximum Gasteiger partial charge on any atom is 0.129 e. The molecule has 0 amide bonds. The number of hydrogen-bond acceptors (Lipinski definition) is 4. The van der Waals surface area contributed by atoms with Crippen molar-refractivity contribution in [3.8, 4) is 0 Å². The Hall–Kier alpha value is -1.62. The molecule has 0 aliphatic heterocycles. The topological polar surface area (TPSA) is 86.2 Å². The molecular weight excluding hydrogens is 240 g/mol. The summed E-state index contributed by atoms with van der Waals surface area (Å²) in [6.07, 6.45) is 7.74. The molecule has 4 N–H and O–H groups in total. The Balaban J connectivity index is 2.22. The van der Waals surface area contributed by atoms with Crippen LogP contribution in [0.4, 0.5) is 5.82 Å². The molecule has 0 unspecified atom stereocenters. The molecule has 5 nitrogen and oxygen atoms in total. The Morgan fingerprint density at radius 2 is 2.16 bits per heavy atom. The lowest BCUT2D eigenvalue weighted by atomic mass is 9.94. The molecule has 1 aliphatic rings. The second kappa shape index (κ2) is 6.52. The van der Waals surface area contributed by atoms with Crippen LogP contribution in [-0.4, -0.2) is 35.1 Å². The highest BCUT2D eigenvalue weighted by molar-refractivity contribution is 5.95. The molecule has 1 aromatic rings. The standard InChI is InChI=1S/C14H22N4O/c15-14(16)11-6-7-17-13(10-11)18(8-9-19)12-4-2-1-3-5-12/h6-7,10,12,19H,1-5,8-9H2,(H3,15,16). The van der Waals surface area contributed by atoms with E-state index in [-0.39, 0.29) is 12.4 Å². The van der Waals surface area contributed by atoms with Crippen LogP contribution in [-0.2, 0) is 0 Å². The van der Waals surface area contributed by atoms with Crippen molar-refractivity contribution < 1.29 is 5.11 Å². The zero-order chi connectivity index (χ0) is 13.7. The van der Waals surface area contributed by atoms with Crippen LogP contribution in [0.1, 0.15) is 37.7 Å². The van der Waals surface area contributed by atoms with Crippen molar-refractivity contribution in [3.05, 3.63) is 23.9 Å². The predicted octanol–water partition coefficient (Wildman–Crippen LogP) is 1.50. The lowest BCUT2D eigenvalue weighted by Crippen LogP contribution is -2.39. The molecule has 0 atom stereocenters. The molecule has 0 aromatic carbocycles. The van der Waals surface area contributed by atoms with E-state index in [1.54, 1.807) is 12.3 Å². The molecular formula is C14H22N4O. The zero-order valence-corrected chi connectivity index (χ0v) is 11.2. The summed E-state index contributed by atoms with van der Waals surface area (Å²) < 4.78 is 0. The fraction of sp³-hybridized carbons (Fsp3) is 0.571. The molecule has 19 heavy (non-hydrogen) atoms. The van der Waals surface area contributed by atoms with Crippen molar-refractivity contribution >= 4 is 11.7 Å². The van der Waals surface area contributed by atoms with Crippen LogP contribution in [0.2, 0.25) is 0 Å². The van der Waals surface area contributed by atoms with Crippen molar-refractivity contribution in [2.24, 2.45) is 5.73 Å². The molecule has 2 rings (SSSR count). The van der Waals surface area contributed by atoms with Gasteiger partial charge in [-0.25, -0.2) is 4.98 Å². The Morgan fingerprint density at radius 3 is 2.79 bits per heavy atom. The van der Waals surface area contributed by atoms with Crippen molar-refractivity contribution in [1.29, 1.82) is 5.41 Å². The first-order chi connectivity index (χ1) is 9.22. The van der Waals surface area contributed by atoms with Gasteiger partial charge in [-0.15, -0.1) is 0 Å². The van der Waals surface area contributed by atoms with Gasteiger partial charge in [0.2, 0.25) is 0 Å². The van der Waals surface area contributed by atoms with E-state index in [1.165, 1.54) is 19.3 Å². The van der Waals surface area contributed by atoms with E-state index >= 15 is 0 Å². The fourth-order valence-corrected chi connectivity index (χ4v) is 2.73. The molecule has 0 spiro atoms. The van der Waals surface area contributed by atoms with E-state index in [9.17, 15) is 5.11 Å². The van der Waals surface area contributed by atoms with Gasteiger partial charge in [0.15, 0.2) is 0 Å². The summed E-state index contributed by atoms with van der Waals surface area (Å²) in [6, 6.07) is 4.02. The Labute approximate surface area is 114 Å². The third-order valence-corrected chi connectivity index (χ3v) is 3.71. The van der Waals surface area contributed by atoms with Gasteiger partial charge in [0.05, 0.1) is 6.61 Å². The maximum absolute atomic E-state index is 9.27. The molecule has 104 valence electrons. The summed E-state index contributed by atoms with van der Waals surface area (Å²) in [5.74, 6) is 0.866. The summed E-state index contributed by atoms with van der Waals surface area (Å²) in [5, 5.41) is 16.8. The van der Waals surface area contributed by atoms with Gasteiger partial charge in [0, 0.05) is 24.3 Å². The van der Waals surface area contributed by atoms with Gasteiger partial charge >= 0.3 is 0 Å². The highest BCUT2D eigenvalue weighted by Crippen LogP contribution is 2.26. The van der Waals surface area contributed by atoms with E-state index in [2.05, 4.69) is 9.88 Å². The summed E-state index contributed by atoms with van der Waals surface area (Å²) in [6.45, 7) is 0.696. The van der Waals surface area contributed by atoms with Crippen LogP contribution in [0.5, 0.6) is 0 Å².